The van der Waals surface area contributed by atoms with Gasteiger partial charge >= 0.3 is 0 Å². The number of nitrogens with one attached hydrogen (secondary N) is 1. The Bertz CT molecular complexity index is 696. The third-order valence-electron chi connectivity index (χ3n) is 3.80. The van der Waals surface area contributed by atoms with Gasteiger partial charge in [0.1, 0.15) is 4.21 Å². The van der Waals surface area contributed by atoms with Crippen molar-refractivity contribution in [1.29, 1.82) is 0 Å². The van der Waals surface area contributed by atoms with Crippen molar-refractivity contribution in [1.82, 2.24) is 9.62 Å². The first-order chi connectivity index (χ1) is 11.1. The Labute approximate surface area is 140 Å². The monoisotopic (exact) mass is 352 g/mol. The molecule has 7 heteroatoms. The van der Waals surface area contributed by atoms with E-state index in [1.54, 1.807) is 17.5 Å². The van der Waals surface area contributed by atoms with Gasteiger partial charge < -0.3 is 4.74 Å². The molecule has 1 aliphatic rings. The van der Waals surface area contributed by atoms with Gasteiger partial charge in [0.05, 0.1) is 19.3 Å². The normalized spacial score (nSPS) is 17.9. The van der Waals surface area contributed by atoms with E-state index in [2.05, 4.69) is 9.62 Å². The van der Waals surface area contributed by atoms with Gasteiger partial charge in [-0.25, -0.2) is 13.1 Å². The summed E-state index contributed by atoms with van der Waals surface area (Å²) in [5.41, 5.74) is 0.971. The molecule has 0 spiro atoms. The summed E-state index contributed by atoms with van der Waals surface area (Å²) in [5.74, 6) is 0. The SMILES string of the molecule is O=S(=O)(N[C@H](CN1CCOCC1)c1ccccc1)c1cccs1. The molecule has 2 heterocycles. The van der Waals surface area contributed by atoms with Crippen LogP contribution in [0.2, 0.25) is 0 Å². The van der Waals surface area contributed by atoms with Crippen molar-refractivity contribution in [2.75, 3.05) is 32.8 Å². The number of ether oxygens (including phenoxy) is 1. The zero-order valence-electron chi connectivity index (χ0n) is 12.7. The molecule has 23 heavy (non-hydrogen) atoms. The van der Waals surface area contributed by atoms with E-state index in [9.17, 15) is 8.42 Å². The Hall–Kier alpha value is -1.25. The summed E-state index contributed by atoms with van der Waals surface area (Å²) >= 11 is 1.23. The van der Waals surface area contributed by atoms with E-state index in [-0.39, 0.29) is 6.04 Å². The largest absolute Gasteiger partial charge is 0.379 e. The third-order valence-corrected chi connectivity index (χ3v) is 6.67. The van der Waals surface area contributed by atoms with E-state index in [0.29, 0.717) is 24.0 Å². The molecule has 5 nitrogen and oxygen atoms in total. The van der Waals surface area contributed by atoms with Crippen LogP contribution in [0.4, 0.5) is 0 Å². The van der Waals surface area contributed by atoms with Crippen LogP contribution in [0.15, 0.2) is 52.1 Å². The summed E-state index contributed by atoms with van der Waals surface area (Å²) in [6, 6.07) is 12.8. The number of morpholine rings is 1. The second-order valence-electron chi connectivity index (χ2n) is 5.43. The Morgan fingerprint density at radius 1 is 1.13 bits per heavy atom. The highest BCUT2D eigenvalue weighted by Gasteiger charge is 2.24. The molecular weight excluding hydrogens is 332 g/mol. The van der Waals surface area contributed by atoms with Crippen LogP contribution in [0.5, 0.6) is 0 Å². The van der Waals surface area contributed by atoms with Crippen LogP contribution in [-0.4, -0.2) is 46.2 Å². The maximum Gasteiger partial charge on any atom is 0.250 e. The van der Waals surface area contributed by atoms with Crippen LogP contribution in [0, 0.1) is 0 Å². The molecule has 0 aliphatic carbocycles. The molecule has 1 N–H and O–H groups in total. The van der Waals surface area contributed by atoms with Gasteiger partial charge in [-0.2, -0.15) is 0 Å². The molecule has 3 rings (SSSR count). The molecule has 0 unspecified atom stereocenters. The average Bonchev–Trinajstić information content (AvgIpc) is 3.11. The molecule has 0 radical (unpaired) electrons. The van der Waals surface area contributed by atoms with E-state index in [1.165, 1.54) is 11.3 Å². The molecular formula is C16H20N2O3S2. The molecule has 1 saturated heterocycles. The van der Waals surface area contributed by atoms with Crippen LogP contribution in [-0.2, 0) is 14.8 Å². The molecule has 1 aliphatic heterocycles. The highest BCUT2D eigenvalue weighted by atomic mass is 32.2. The van der Waals surface area contributed by atoms with Crippen molar-refractivity contribution in [2.45, 2.75) is 10.3 Å². The fraction of sp³-hybridized carbons (Fsp3) is 0.375. The van der Waals surface area contributed by atoms with Crippen LogP contribution in [0.3, 0.4) is 0 Å². The average molecular weight is 352 g/mol. The molecule has 1 aromatic carbocycles. The number of hydrogen-bond acceptors (Lipinski definition) is 5. The second-order valence-corrected chi connectivity index (χ2v) is 8.32. The van der Waals surface area contributed by atoms with E-state index in [1.807, 2.05) is 30.3 Å². The molecule has 0 bridgehead atoms. The zero-order valence-corrected chi connectivity index (χ0v) is 14.4. The Kier molecular flexibility index (Phi) is 5.45. The van der Waals surface area contributed by atoms with Gasteiger partial charge in [0.25, 0.3) is 10.0 Å². The lowest BCUT2D eigenvalue weighted by atomic mass is 10.1. The molecule has 2 aromatic rings. The maximum atomic E-state index is 12.6. The summed E-state index contributed by atoms with van der Waals surface area (Å²) < 4.78 is 33.7. The van der Waals surface area contributed by atoms with Gasteiger partial charge in [-0.05, 0) is 17.0 Å². The number of thiophene rings is 1. The topological polar surface area (TPSA) is 58.6 Å². The minimum absolute atomic E-state index is 0.276. The van der Waals surface area contributed by atoms with Crippen molar-refractivity contribution in [3.05, 3.63) is 53.4 Å². The van der Waals surface area contributed by atoms with Gasteiger partial charge in [-0.3, -0.25) is 4.90 Å². The summed E-state index contributed by atoms with van der Waals surface area (Å²) in [7, 11) is -3.50. The fourth-order valence-electron chi connectivity index (χ4n) is 2.60. The predicted octanol–water partition coefficient (Wildman–Crippen LogP) is 2.10. The first-order valence-corrected chi connectivity index (χ1v) is 9.92. The van der Waals surface area contributed by atoms with Gasteiger partial charge in [0.2, 0.25) is 0 Å². The molecule has 1 aromatic heterocycles. The van der Waals surface area contributed by atoms with Crippen molar-refractivity contribution in [3.8, 4) is 0 Å². The van der Waals surface area contributed by atoms with Gasteiger partial charge in [0, 0.05) is 19.6 Å². The number of nitrogens with zero attached hydrogens (tertiary/aromatic N) is 1. The van der Waals surface area contributed by atoms with Crippen LogP contribution in [0.25, 0.3) is 0 Å². The highest BCUT2D eigenvalue weighted by molar-refractivity contribution is 7.91. The summed E-state index contributed by atoms with van der Waals surface area (Å²) in [5, 5.41) is 1.77. The summed E-state index contributed by atoms with van der Waals surface area (Å²) in [6.07, 6.45) is 0. The molecule has 1 atom stereocenters. The van der Waals surface area contributed by atoms with Crippen molar-refractivity contribution in [2.24, 2.45) is 0 Å². The highest BCUT2D eigenvalue weighted by Crippen LogP contribution is 2.21. The number of benzene rings is 1. The smallest absolute Gasteiger partial charge is 0.250 e. The first kappa shape index (κ1) is 16.6. The van der Waals surface area contributed by atoms with Crippen molar-refractivity contribution < 1.29 is 13.2 Å². The van der Waals surface area contributed by atoms with E-state index < -0.39 is 10.0 Å². The van der Waals surface area contributed by atoms with Crippen molar-refractivity contribution >= 4 is 21.4 Å². The molecule has 0 saturated carbocycles. The molecule has 1 fully saturated rings. The van der Waals surface area contributed by atoms with Crippen molar-refractivity contribution in [3.63, 3.8) is 0 Å². The lowest BCUT2D eigenvalue weighted by molar-refractivity contribution is 0.0345. The lowest BCUT2D eigenvalue weighted by Gasteiger charge is -2.30. The van der Waals surface area contributed by atoms with Crippen LogP contribution < -0.4 is 4.72 Å². The minimum atomic E-state index is -3.50. The third kappa shape index (κ3) is 4.39. The van der Waals surface area contributed by atoms with Crippen LogP contribution in [0.1, 0.15) is 11.6 Å². The quantitative estimate of drug-likeness (QED) is 0.865. The first-order valence-electron chi connectivity index (χ1n) is 7.56. The van der Waals surface area contributed by atoms with Gasteiger partial charge in [0.15, 0.2) is 0 Å². The predicted molar refractivity (Wildman–Crippen MR) is 91.1 cm³/mol. The lowest BCUT2D eigenvalue weighted by Crippen LogP contribution is -2.43. The van der Waals surface area contributed by atoms with Crippen LogP contribution >= 0.6 is 11.3 Å². The maximum absolute atomic E-state index is 12.6. The second kappa shape index (κ2) is 7.55. The standard InChI is InChI=1S/C16H20N2O3S2/c19-23(20,16-7-4-12-22-16)17-15(14-5-2-1-3-6-14)13-18-8-10-21-11-9-18/h1-7,12,15,17H,8-11,13H2/t15-/m1/s1. The summed E-state index contributed by atoms with van der Waals surface area (Å²) in [4.78, 5) is 2.23. The molecule has 0 amide bonds. The Morgan fingerprint density at radius 2 is 1.87 bits per heavy atom. The number of sulfonamides is 1. The number of rotatable bonds is 6. The van der Waals surface area contributed by atoms with E-state index >= 15 is 0 Å². The summed E-state index contributed by atoms with van der Waals surface area (Å²) in [6.45, 7) is 3.67. The number of hydrogen-bond donors (Lipinski definition) is 1. The van der Waals surface area contributed by atoms with E-state index in [4.69, 9.17) is 4.74 Å². The van der Waals surface area contributed by atoms with Gasteiger partial charge in [-0.15, -0.1) is 11.3 Å². The minimum Gasteiger partial charge on any atom is -0.379 e. The van der Waals surface area contributed by atoms with Gasteiger partial charge in [-0.1, -0.05) is 36.4 Å². The fourth-order valence-corrected chi connectivity index (χ4v) is 4.82. The molecule has 124 valence electrons. The zero-order chi connectivity index (χ0) is 16.1. The Morgan fingerprint density at radius 3 is 2.52 bits per heavy atom. The Balaban J connectivity index is 1.80. The van der Waals surface area contributed by atoms with E-state index in [0.717, 1.165) is 18.7 Å².